The van der Waals surface area contributed by atoms with Crippen molar-refractivity contribution in [3.05, 3.63) is 84.4 Å². The lowest BCUT2D eigenvalue weighted by atomic mass is 10.1. The third-order valence-corrected chi connectivity index (χ3v) is 8.66. The Bertz CT molecular complexity index is 1400. The van der Waals surface area contributed by atoms with Gasteiger partial charge < -0.3 is 15.0 Å². The number of benzene rings is 1. The molecule has 2 atom stereocenters. The van der Waals surface area contributed by atoms with Gasteiger partial charge in [0.1, 0.15) is 21.5 Å². The van der Waals surface area contributed by atoms with E-state index in [2.05, 4.69) is 15.2 Å². The van der Waals surface area contributed by atoms with Crippen LogP contribution in [0.15, 0.2) is 52.9 Å². The zero-order valence-corrected chi connectivity index (χ0v) is 21.5. The first kappa shape index (κ1) is 24.1. The fourth-order valence-corrected chi connectivity index (χ4v) is 6.50. The summed E-state index contributed by atoms with van der Waals surface area (Å²) >= 11 is 8.94. The minimum Gasteiger partial charge on any atom is -0.384 e. The molecular weight excluding hydrogens is 504 g/mol. The Morgan fingerprint density at radius 1 is 1.34 bits per heavy atom. The van der Waals surface area contributed by atoms with E-state index in [4.69, 9.17) is 11.6 Å². The second-order valence-electron chi connectivity index (χ2n) is 8.72. The number of carbonyl (C=O) groups is 1. The van der Waals surface area contributed by atoms with Gasteiger partial charge in [0, 0.05) is 53.9 Å². The third kappa shape index (κ3) is 5.05. The molecule has 1 fully saturated rings. The Balaban J connectivity index is 1.35. The second kappa shape index (κ2) is 10.2. The van der Waals surface area contributed by atoms with Gasteiger partial charge >= 0.3 is 0 Å². The average molecular weight is 529 g/mol. The first-order valence-corrected chi connectivity index (χ1v) is 13.4. The maximum atomic E-state index is 13.2. The van der Waals surface area contributed by atoms with Gasteiger partial charge in [-0.25, -0.2) is 4.98 Å². The summed E-state index contributed by atoms with van der Waals surface area (Å²) in [5.74, 6) is -0.402. The fourth-order valence-electron chi connectivity index (χ4n) is 4.58. The molecule has 4 heterocycles. The van der Waals surface area contributed by atoms with Crippen molar-refractivity contribution >= 4 is 50.4 Å². The summed E-state index contributed by atoms with van der Waals surface area (Å²) in [6.45, 7) is 1.84. The van der Waals surface area contributed by atoms with E-state index in [1.807, 2.05) is 35.2 Å². The van der Waals surface area contributed by atoms with Crippen molar-refractivity contribution in [2.24, 2.45) is 7.05 Å². The number of aliphatic hydroxyl groups excluding tert-OH is 1. The zero-order chi connectivity index (χ0) is 24.5. The summed E-state index contributed by atoms with van der Waals surface area (Å²) in [6.07, 6.45) is 4.62. The number of halogens is 1. The molecule has 0 bridgehead atoms. The maximum absolute atomic E-state index is 13.2. The van der Waals surface area contributed by atoms with Crippen LogP contribution in [0.5, 0.6) is 0 Å². The number of likely N-dealkylation sites (tertiary alicyclic amines) is 1. The van der Waals surface area contributed by atoms with Gasteiger partial charge in [-0.2, -0.15) is 0 Å². The molecule has 1 aliphatic rings. The van der Waals surface area contributed by atoms with E-state index in [0.717, 1.165) is 39.7 Å². The van der Waals surface area contributed by atoms with Crippen LogP contribution in [-0.4, -0.2) is 38.1 Å². The molecule has 1 saturated heterocycles. The molecule has 10 heteroatoms. The third-order valence-electron chi connectivity index (χ3n) is 6.35. The van der Waals surface area contributed by atoms with E-state index in [0.29, 0.717) is 23.5 Å². The van der Waals surface area contributed by atoms with Crippen LogP contribution in [0.25, 0.3) is 10.2 Å². The molecule has 0 spiro atoms. The SMILES string of the molecule is Cn1cc(C(=O)NCc2ccc(Cl)cc2)c(=O)c2cc(CN3CCC[C@@H]3[C@@H](O)c3nccs3)sc21. The molecule has 7 nitrogen and oxygen atoms in total. The number of aryl methyl sites for hydroxylation is 1. The van der Waals surface area contributed by atoms with Crippen LogP contribution in [-0.2, 0) is 20.1 Å². The van der Waals surface area contributed by atoms with Crippen LogP contribution < -0.4 is 10.7 Å². The van der Waals surface area contributed by atoms with Crippen LogP contribution >= 0.6 is 34.3 Å². The van der Waals surface area contributed by atoms with Crippen LogP contribution in [0.2, 0.25) is 5.02 Å². The van der Waals surface area contributed by atoms with E-state index in [1.54, 1.807) is 35.9 Å². The van der Waals surface area contributed by atoms with E-state index in [1.165, 1.54) is 11.3 Å². The molecule has 3 aromatic heterocycles. The van der Waals surface area contributed by atoms with Gasteiger partial charge in [0.05, 0.1) is 5.39 Å². The molecule has 35 heavy (non-hydrogen) atoms. The Kier molecular flexibility index (Phi) is 7.04. The standard InChI is InChI=1S/C25H25ClN4O3S2/c1-29-14-19(23(33)28-12-15-4-6-16(26)7-5-15)21(31)18-11-17(35-25(18)29)13-30-9-2-3-20(30)22(32)24-27-8-10-34-24/h4-8,10-11,14,20,22,32H,2-3,9,12-13H2,1H3,(H,28,33)/t20-,22-/m1/s1. The number of pyridine rings is 1. The fraction of sp³-hybridized carbons (Fsp3) is 0.320. The summed E-state index contributed by atoms with van der Waals surface area (Å²) in [4.78, 5) is 34.4. The molecule has 5 rings (SSSR count). The van der Waals surface area contributed by atoms with Crippen molar-refractivity contribution in [3.63, 3.8) is 0 Å². The summed E-state index contributed by atoms with van der Waals surface area (Å²) in [5, 5.41) is 17.5. The van der Waals surface area contributed by atoms with Gasteiger partial charge in [0.15, 0.2) is 0 Å². The molecule has 1 aliphatic heterocycles. The van der Waals surface area contributed by atoms with Crippen LogP contribution in [0.1, 0.15) is 44.8 Å². The molecule has 0 saturated carbocycles. The van der Waals surface area contributed by atoms with E-state index >= 15 is 0 Å². The second-order valence-corrected chi connectivity index (χ2v) is 11.2. The Hall–Kier alpha value is -2.56. The number of aromatic nitrogens is 2. The molecule has 0 radical (unpaired) electrons. The number of amides is 1. The lowest BCUT2D eigenvalue weighted by Crippen LogP contribution is -2.33. The average Bonchev–Trinajstić information content (AvgIpc) is 3.62. The van der Waals surface area contributed by atoms with Gasteiger partial charge in [-0.15, -0.1) is 22.7 Å². The van der Waals surface area contributed by atoms with Crippen LogP contribution in [0.4, 0.5) is 0 Å². The predicted molar refractivity (Wildman–Crippen MR) is 140 cm³/mol. The summed E-state index contributed by atoms with van der Waals surface area (Å²) in [5.41, 5.74) is 0.755. The number of carbonyl (C=O) groups excluding carboxylic acids is 1. The first-order valence-electron chi connectivity index (χ1n) is 11.4. The molecular formula is C25H25ClN4O3S2. The van der Waals surface area contributed by atoms with Gasteiger partial charge in [-0.1, -0.05) is 23.7 Å². The Morgan fingerprint density at radius 3 is 2.89 bits per heavy atom. The number of nitrogens with one attached hydrogen (secondary N) is 1. The maximum Gasteiger partial charge on any atom is 0.257 e. The number of thiophene rings is 1. The molecule has 0 aliphatic carbocycles. The highest BCUT2D eigenvalue weighted by atomic mass is 35.5. The number of thiazole rings is 1. The number of hydrogen-bond acceptors (Lipinski definition) is 7. The van der Waals surface area contributed by atoms with Crippen LogP contribution in [0, 0.1) is 0 Å². The largest absolute Gasteiger partial charge is 0.384 e. The first-order chi connectivity index (χ1) is 16.9. The molecule has 0 unspecified atom stereocenters. The monoisotopic (exact) mass is 528 g/mol. The highest BCUT2D eigenvalue weighted by Crippen LogP contribution is 2.33. The van der Waals surface area contributed by atoms with Crippen molar-refractivity contribution in [1.82, 2.24) is 19.8 Å². The summed E-state index contributed by atoms with van der Waals surface area (Å²) in [7, 11) is 1.85. The minimum absolute atomic E-state index is 0.000964. The number of aliphatic hydroxyl groups is 1. The number of nitrogens with zero attached hydrogens (tertiary/aromatic N) is 3. The smallest absolute Gasteiger partial charge is 0.257 e. The van der Waals surface area contributed by atoms with Crippen molar-refractivity contribution < 1.29 is 9.90 Å². The quantitative estimate of drug-likeness (QED) is 0.372. The Labute approximate surface area is 215 Å². The van der Waals surface area contributed by atoms with Crippen molar-refractivity contribution in [3.8, 4) is 0 Å². The highest BCUT2D eigenvalue weighted by Gasteiger charge is 2.33. The van der Waals surface area contributed by atoms with Gasteiger partial charge in [0.2, 0.25) is 5.43 Å². The number of rotatable bonds is 7. The lowest BCUT2D eigenvalue weighted by Gasteiger charge is -2.27. The van der Waals surface area contributed by atoms with E-state index in [-0.39, 0.29) is 17.0 Å². The van der Waals surface area contributed by atoms with Crippen LogP contribution in [0.3, 0.4) is 0 Å². The molecule has 1 aromatic carbocycles. The predicted octanol–water partition coefficient (Wildman–Crippen LogP) is 4.34. The normalized spacial score (nSPS) is 17.2. The summed E-state index contributed by atoms with van der Waals surface area (Å²) in [6, 6.07) is 9.10. The van der Waals surface area contributed by atoms with E-state index in [9.17, 15) is 14.7 Å². The van der Waals surface area contributed by atoms with E-state index < -0.39 is 12.0 Å². The lowest BCUT2D eigenvalue weighted by molar-refractivity contribution is 0.0691. The molecule has 2 N–H and O–H groups in total. The van der Waals surface area contributed by atoms with Crippen molar-refractivity contribution in [2.75, 3.05) is 6.54 Å². The molecule has 182 valence electrons. The van der Waals surface area contributed by atoms with Crippen molar-refractivity contribution in [2.45, 2.75) is 38.1 Å². The zero-order valence-electron chi connectivity index (χ0n) is 19.1. The van der Waals surface area contributed by atoms with Gasteiger partial charge in [0.25, 0.3) is 5.91 Å². The topological polar surface area (TPSA) is 87.5 Å². The molecule has 4 aromatic rings. The molecule has 1 amide bonds. The summed E-state index contributed by atoms with van der Waals surface area (Å²) < 4.78 is 1.84. The highest BCUT2D eigenvalue weighted by molar-refractivity contribution is 7.18. The van der Waals surface area contributed by atoms with Crippen molar-refractivity contribution in [1.29, 1.82) is 0 Å². The minimum atomic E-state index is -0.617. The Morgan fingerprint density at radius 2 is 2.14 bits per heavy atom. The van der Waals surface area contributed by atoms with Gasteiger partial charge in [-0.3, -0.25) is 14.5 Å². The van der Waals surface area contributed by atoms with Gasteiger partial charge in [-0.05, 0) is 43.1 Å². The number of fused-ring (bicyclic) bond motifs is 1. The number of hydrogen-bond donors (Lipinski definition) is 2.